The third-order valence-corrected chi connectivity index (χ3v) is 4.33. The van der Waals surface area contributed by atoms with Gasteiger partial charge in [-0.25, -0.2) is 9.18 Å². The Hall–Kier alpha value is -2.22. The number of amides is 1. The van der Waals surface area contributed by atoms with Crippen molar-refractivity contribution in [1.82, 2.24) is 20.3 Å². The van der Waals surface area contributed by atoms with E-state index in [2.05, 4.69) is 15.5 Å². The van der Waals surface area contributed by atoms with Gasteiger partial charge in [-0.1, -0.05) is 0 Å². The number of benzene rings is 1. The van der Waals surface area contributed by atoms with E-state index in [0.717, 1.165) is 5.56 Å². The average Bonchev–Trinajstić information content (AvgIpc) is 3.08. The first-order valence-electron chi connectivity index (χ1n) is 8.81. The van der Waals surface area contributed by atoms with Gasteiger partial charge >= 0.3 is 6.09 Å². The lowest BCUT2D eigenvalue weighted by Gasteiger charge is -2.21. The van der Waals surface area contributed by atoms with Crippen LogP contribution in [0, 0.1) is 11.7 Å². The van der Waals surface area contributed by atoms with Gasteiger partial charge in [-0.15, -0.1) is 0 Å². The second-order valence-corrected chi connectivity index (χ2v) is 7.94. The molecule has 0 fully saturated rings. The SMILES string of the molecule is C[C@@H](Cn1nc2cc(F)c3c(c2n1)CC(CO)C3)NC(=O)OC(C)(C)C. The second kappa shape index (κ2) is 6.83. The topological polar surface area (TPSA) is 89.3 Å². The fraction of sp³-hybridized carbons (Fsp3) is 0.611. The number of hydrogen-bond acceptors (Lipinski definition) is 5. The summed E-state index contributed by atoms with van der Waals surface area (Å²) in [6.45, 7) is 7.59. The Morgan fingerprint density at radius 1 is 1.42 bits per heavy atom. The van der Waals surface area contributed by atoms with E-state index in [-0.39, 0.29) is 24.4 Å². The zero-order valence-corrected chi connectivity index (χ0v) is 15.5. The number of nitrogens with zero attached hydrogens (tertiary/aromatic N) is 3. The minimum atomic E-state index is -0.566. The first kappa shape index (κ1) is 18.6. The molecule has 7 nitrogen and oxygen atoms in total. The second-order valence-electron chi connectivity index (χ2n) is 7.94. The molecule has 8 heteroatoms. The van der Waals surface area contributed by atoms with E-state index in [1.807, 2.05) is 6.92 Å². The number of alkyl carbamates (subject to hydrolysis) is 1. The molecule has 142 valence electrons. The van der Waals surface area contributed by atoms with Crippen molar-refractivity contribution in [3.05, 3.63) is 23.0 Å². The van der Waals surface area contributed by atoms with E-state index < -0.39 is 11.7 Å². The number of carbonyl (C=O) groups excluding carboxylic acids is 1. The molecule has 2 aromatic rings. The Kier molecular flexibility index (Phi) is 4.88. The fourth-order valence-electron chi connectivity index (χ4n) is 3.27. The summed E-state index contributed by atoms with van der Waals surface area (Å²) in [5.41, 5.74) is 2.05. The van der Waals surface area contributed by atoms with Gasteiger partial charge in [0.05, 0.1) is 12.6 Å². The molecule has 0 spiro atoms. The van der Waals surface area contributed by atoms with Crippen LogP contribution in [-0.4, -0.2) is 44.4 Å². The maximum absolute atomic E-state index is 14.3. The van der Waals surface area contributed by atoms with Crippen molar-refractivity contribution in [1.29, 1.82) is 0 Å². The normalized spacial score (nSPS) is 18.0. The lowest BCUT2D eigenvalue weighted by Crippen LogP contribution is -2.39. The van der Waals surface area contributed by atoms with Crippen molar-refractivity contribution in [3.8, 4) is 0 Å². The highest BCUT2D eigenvalue weighted by molar-refractivity contribution is 5.80. The highest BCUT2D eigenvalue weighted by atomic mass is 19.1. The molecule has 0 saturated heterocycles. The van der Waals surface area contributed by atoms with Crippen molar-refractivity contribution in [3.63, 3.8) is 0 Å². The number of halogens is 1. The molecule has 1 amide bonds. The summed E-state index contributed by atoms with van der Waals surface area (Å²) in [6.07, 6.45) is 0.626. The predicted molar refractivity (Wildman–Crippen MR) is 94.3 cm³/mol. The van der Waals surface area contributed by atoms with E-state index in [1.54, 1.807) is 20.8 Å². The van der Waals surface area contributed by atoms with Crippen LogP contribution in [0.1, 0.15) is 38.8 Å². The molecule has 2 atom stereocenters. The minimum absolute atomic E-state index is 0.0284. The van der Waals surface area contributed by atoms with Crippen LogP contribution in [0.15, 0.2) is 6.07 Å². The zero-order valence-electron chi connectivity index (χ0n) is 15.5. The van der Waals surface area contributed by atoms with Crippen LogP contribution in [0.4, 0.5) is 9.18 Å². The third kappa shape index (κ3) is 3.95. The van der Waals surface area contributed by atoms with Gasteiger partial charge in [-0.3, -0.25) is 0 Å². The molecule has 1 aromatic carbocycles. The summed E-state index contributed by atoms with van der Waals surface area (Å²) >= 11 is 0. The van der Waals surface area contributed by atoms with Gasteiger partial charge in [-0.2, -0.15) is 15.0 Å². The van der Waals surface area contributed by atoms with Gasteiger partial charge in [-0.05, 0) is 57.6 Å². The van der Waals surface area contributed by atoms with Gasteiger partial charge in [0.15, 0.2) is 0 Å². The van der Waals surface area contributed by atoms with Crippen LogP contribution in [0.5, 0.6) is 0 Å². The van der Waals surface area contributed by atoms with Crippen LogP contribution in [0.3, 0.4) is 0 Å². The number of rotatable bonds is 4. The fourth-order valence-corrected chi connectivity index (χ4v) is 3.27. The lowest BCUT2D eigenvalue weighted by atomic mass is 10.1. The molecule has 1 aliphatic carbocycles. The van der Waals surface area contributed by atoms with E-state index in [1.165, 1.54) is 10.9 Å². The third-order valence-electron chi connectivity index (χ3n) is 4.33. The summed E-state index contributed by atoms with van der Waals surface area (Å²) in [4.78, 5) is 13.3. The molecule has 1 heterocycles. The Labute approximate surface area is 151 Å². The quantitative estimate of drug-likeness (QED) is 0.868. The molecule has 0 saturated carbocycles. The number of hydrogen-bond donors (Lipinski definition) is 2. The van der Waals surface area contributed by atoms with Crippen molar-refractivity contribution >= 4 is 17.1 Å². The predicted octanol–water partition coefficient (Wildman–Crippen LogP) is 2.19. The molecule has 3 rings (SSSR count). The molecule has 0 aliphatic heterocycles. The number of aromatic nitrogens is 3. The molecule has 26 heavy (non-hydrogen) atoms. The molecular formula is C18H25FN4O3. The Morgan fingerprint density at radius 3 is 2.77 bits per heavy atom. The molecular weight excluding hydrogens is 339 g/mol. The number of fused-ring (bicyclic) bond motifs is 3. The van der Waals surface area contributed by atoms with Gasteiger partial charge in [0.25, 0.3) is 0 Å². The maximum atomic E-state index is 14.3. The molecule has 1 aromatic heterocycles. The first-order chi connectivity index (χ1) is 12.2. The lowest BCUT2D eigenvalue weighted by molar-refractivity contribution is 0.0502. The van der Waals surface area contributed by atoms with E-state index in [9.17, 15) is 14.3 Å². The van der Waals surface area contributed by atoms with Crippen LogP contribution in [-0.2, 0) is 24.1 Å². The summed E-state index contributed by atoms with van der Waals surface area (Å²) < 4.78 is 19.5. The molecule has 0 bridgehead atoms. The average molecular weight is 364 g/mol. The first-order valence-corrected chi connectivity index (χ1v) is 8.81. The highest BCUT2D eigenvalue weighted by Gasteiger charge is 2.28. The van der Waals surface area contributed by atoms with Crippen LogP contribution in [0.2, 0.25) is 0 Å². The van der Waals surface area contributed by atoms with E-state index in [4.69, 9.17) is 4.74 Å². The smallest absolute Gasteiger partial charge is 0.407 e. The van der Waals surface area contributed by atoms with Crippen molar-refractivity contribution in [2.75, 3.05) is 6.61 Å². The maximum Gasteiger partial charge on any atom is 0.407 e. The Balaban J connectivity index is 1.75. The van der Waals surface area contributed by atoms with E-state index in [0.29, 0.717) is 36.0 Å². The number of ether oxygens (including phenoxy) is 1. The van der Waals surface area contributed by atoms with Crippen molar-refractivity contribution in [2.24, 2.45) is 5.92 Å². The van der Waals surface area contributed by atoms with Crippen molar-refractivity contribution in [2.45, 2.75) is 58.7 Å². The summed E-state index contributed by atoms with van der Waals surface area (Å²) in [5.74, 6) is -0.265. The Morgan fingerprint density at radius 2 is 2.12 bits per heavy atom. The summed E-state index contributed by atoms with van der Waals surface area (Å²) in [6, 6.07) is 1.14. The largest absolute Gasteiger partial charge is 0.444 e. The molecule has 1 unspecified atom stereocenters. The van der Waals surface area contributed by atoms with Gasteiger partial charge in [0.1, 0.15) is 22.5 Å². The van der Waals surface area contributed by atoms with Crippen molar-refractivity contribution < 1.29 is 19.0 Å². The molecule has 0 radical (unpaired) electrons. The van der Waals surface area contributed by atoms with E-state index >= 15 is 0 Å². The molecule has 1 aliphatic rings. The molecule has 2 N–H and O–H groups in total. The van der Waals surface area contributed by atoms with Crippen LogP contribution < -0.4 is 5.32 Å². The van der Waals surface area contributed by atoms with Gasteiger partial charge < -0.3 is 15.2 Å². The standard InChI is InChI=1S/C18H25FN4O3/c1-10(20-17(25)26-18(2,3)4)8-23-21-15-7-14(19)12-5-11(9-24)6-13(12)16(15)22-23/h7,10-11,24H,5-6,8-9H2,1-4H3,(H,20,25)/t10-,11?/m0/s1. The zero-order chi connectivity index (χ0) is 19.1. The number of carbonyl (C=O) groups is 1. The highest BCUT2D eigenvalue weighted by Crippen LogP contribution is 2.33. The minimum Gasteiger partial charge on any atom is -0.444 e. The number of aliphatic hydroxyl groups is 1. The Bertz CT molecular complexity index is 828. The summed E-state index contributed by atoms with van der Waals surface area (Å²) in [7, 11) is 0. The van der Waals surface area contributed by atoms with Crippen LogP contribution >= 0.6 is 0 Å². The van der Waals surface area contributed by atoms with Gasteiger partial charge in [0, 0.05) is 12.7 Å². The monoisotopic (exact) mass is 364 g/mol. The summed E-state index contributed by atoms with van der Waals surface area (Å²) in [5, 5.41) is 20.9. The number of nitrogens with one attached hydrogen (secondary N) is 1. The number of aliphatic hydroxyl groups excluding tert-OH is 1. The van der Waals surface area contributed by atoms with Crippen LogP contribution in [0.25, 0.3) is 11.0 Å². The van der Waals surface area contributed by atoms with Gasteiger partial charge in [0.2, 0.25) is 0 Å².